The summed E-state index contributed by atoms with van der Waals surface area (Å²) in [6.07, 6.45) is 2.76. The van der Waals surface area contributed by atoms with E-state index in [1.54, 1.807) is 7.11 Å². The Kier molecular flexibility index (Phi) is 5.94. The molecule has 0 aromatic heterocycles. The molecule has 0 spiro atoms. The van der Waals surface area contributed by atoms with Crippen molar-refractivity contribution in [3.05, 3.63) is 59.7 Å². The quantitative estimate of drug-likeness (QED) is 0.631. The van der Waals surface area contributed by atoms with Crippen LogP contribution >= 0.6 is 0 Å². The highest BCUT2D eigenvalue weighted by molar-refractivity contribution is 6.01. The molecule has 142 valence electrons. The first-order valence-corrected chi connectivity index (χ1v) is 9.55. The van der Waals surface area contributed by atoms with Crippen LogP contribution in [-0.4, -0.2) is 24.8 Å². The van der Waals surface area contributed by atoms with Gasteiger partial charge in [0, 0.05) is 30.1 Å². The number of ether oxygens (including phenoxy) is 1. The maximum atomic E-state index is 13.0. The van der Waals surface area contributed by atoms with Gasteiger partial charge in [-0.2, -0.15) is 0 Å². The summed E-state index contributed by atoms with van der Waals surface area (Å²) in [6, 6.07) is 15.2. The molecular formula is C23H27NO3. The lowest BCUT2D eigenvalue weighted by Gasteiger charge is -2.30. The van der Waals surface area contributed by atoms with Gasteiger partial charge in [-0.3, -0.25) is 9.59 Å². The van der Waals surface area contributed by atoms with Crippen LogP contribution in [0.15, 0.2) is 48.5 Å². The third-order valence-electron chi connectivity index (χ3n) is 5.27. The van der Waals surface area contributed by atoms with Crippen LogP contribution in [0, 0.1) is 12.8 Å². The number of carbonyl (C=O) groups is 2. The maximum absolute atomic E-state index is 13.0. The number of anilines is 1. The fourth-order valence-electron chi connectivity index (χ4n) is 3.36. The van der Waals surface area contributed by atoms with E-state index in [4.69, 9.17) is 4.74 Å². The van der Waals surface area contributed by atoms with Crippen molar-refractivity contribution in [2.24, 2.45) is 5.92 Å². The van der Waals surface area contributed by atoms with E-state index in [1.165, 1.54) is 0 Å². The minimum atomic E-state index is 0.0000264. The molecule has 4 nitrogen and oxygen atoms in total. The largest absolute Gasteiger partial charge is 0.497 e. The summed E-state index contributed by atoms with van der Waals surface area (Å²) in [6.45, 7) is 4.09. The average Bonchev–Trinajstić information content (AvgIpc) is 3.52. The summed E-state index contributed by atoms with van der Waals surface area (Å²) in [7, 11) is 1.63. The molecule has 2 aromatic carbocycles. The zero-order valence-corrected chi connectivity index (χ0v) is 16.3. The van der Waals surface area contributed by atoms with Crippen molar-refractivity contribution >= 4 is 17.4 Å². The van der Waals surface area contributed by atoms with Gasteiger partial charge in [0.1, 0.15) is 5.75 Å². The second-order valence-corrected chi connectivity index (χ2v) is 7.33. The summed E-state index contributed by atoms with van der Waals surface area (Å²) < 4.78 is 5.22. The highest BCUT2D eigenvalue weighted by Crippen LogP contribution is 2.37. The number of aryl methyl sites for hydroxylation is 1. The third kappa shape index (κ3) is 4.76. The molecule has 0 saturated heterocycles. The number of hydrogen-bond donors (Lipinski definition) is 0. The maximum Gasteiger partial charge on any atom is 0.227 e. The third-order valence-corrected chi connectivity index (χ3v) is 5.27. The topological polar surface area (TPSA) is 46.6 Å². The molecule has 1 saturated carbocycles. The van der Waals surface area contributed by atoms with Gasteiger partial charge in [-0.05, 0) is 56.9 Å². The van der Waals surface area contributed by atoms with E-state index < -0.39 is 0 Å². The number of ketones is 1. The molecule has 1 aliphatic carbocycles. The van der Waals surface area contributed by atoms with Gasteiger partial charge in [-0.15, -0.1) is 0 Å². The predicted octanol–water partition coefficient (Wildman–Crippen LogP) is 4.80. The molecule has 0 bridgehead atoms. The van der Waals surface area contributed by atoms with Gasteiger partial charge in [-0.1, -0.05) is 29.8 Å². The minimum absolute atomic E-state index is 0.0000264. The van der Waals surface area contributed by atoms with Crippen molar-refractivity contribution in [1.82, 2.24) is 0 Å². The Morgan fingerprint density at radius 2 is 1.67 bits per heavy atom. The van der Waals surface area contributed by atoms with Crippen LogP contribution < -0.4 is 9.64 Å². The molecule has 27 heavy (non-hydrogen) atoms. The summed E-state index contributed by atoms with van der Waals surface area (Å²) in [5.41, 5.74) is 2.65. The zero-order valence-electron chi connectivity index (χ0n) is 16.3. The van der Waals surface area contributed by atoms with Gasteiger partial charge in [0.2, 0.25) is 5.91 Å². The molecule has 0 radical (unpaired) electrons. The fraction of sp³-hybridized carbons (Fsp3) is 0.391. The summed E-state index contributed by atoms with van der Waals surface area (Å²) >= 11 is 0. The molecule has 0 N–H and O–H groups in total. The standard InChI is InChI=1S/C23H27NO3/c1-16-4-6-19(7-5-16)22(25)14-15-23(26)24(17(2)18-8-9-18)20-10-12-21(27-3)13-11-20/h4-7,10-13,17-18H,8-9,14-15H2,1-3H3. The van der Waals surface area contributed by atoms with E-state index in [2.05, 4.69) is 6.92 Å². The number of hydrogen-bond acceptors (Lipinski definition) is 3. The molecule has 3 rings (SSSR count). The number of carbonyl (C=O) groups excluding carboxylic acids is 2. The van der Waals surface area contributed by atoms with Crippen LogP contribution in [0.1, 0.15) is 48.5 Å². The SMILES string of the molecule is COc1ccc(N(C(=O)CCC(=O)c2ccc(C)cc2)C(C)C2CC2)cc1. The van der Waals surface area contributed by atoms with Crippen LogP contribution in [0.25, 0.3) is 0 Å². The van der Waals surface area contributed by atoms with Crippen LogP contribution in [0.3, 0.4) is 0 Å². The Morgan fingerprint density at radius 3 is 2.22 bits per heavy atom. The second kappa shape index (κ2) is 8.38. The van der Waals surface area contributed by atoms with Gasteiger partial charge in [-0.25, -0.2) is 0 Å². The molecule has 0 heterocycles. The molecule has 1 atom stereocenters. The van der Waals surface area contributed by atoms with Crippen LogP contribution in [0.5, 0.6) is 5.75 Å². The van der Waals surface area contributed by atoms with E-state index >= 15 is 0 Å². The summed E-state index contributed by atoms with van der Waals surface area (Å²) in [5, 5.41) is 0. The fourth-order valence-corrected chi connectivity index (χ4v) is 3.36. The molecule has 0 aliphatic heterocycles. The number of rotatable bonds is 8. The molecule has 1 aliphatic rings. The average molecular weight is 365 g/mol. The lowest BCUT2D eigenvalue weighted by atomic mass is 10.0. The summed E-state index contributed by atoms with van der Waals surface area (Å²) in [5.74, 6) is 1.32. The van der Waals surface area contributed by atoms with Gasteiger partial charge in [0.15, 0.2) is 5.78 Å². The minimum Gasteiger partial charge on any atom is -0.497 e. The van der Waals surface area contributed by atoms with E-state index in [9.17, 15) is 9.59 Å². The van der Waals surface area contributed by atoms with Crippen LogP contribution in [-0.2, 0) is 4.79 Å². The first kappa shape index (κ1) is 19.2. The lowest BCUT2D eigenvalue weighted by molar-refractivity contribution is -0.119. The van der Waals surface area contributed by atoms with E-state index in [1.807, 2.05) is 60.4 Å². The van der Waals surface area contributed by atoms with Gasteiger partial charge >= 0.3 is 0 Å². The molecule has 1 amide bonds. The van der Waals surface area contributed by atoms with E-state index in [-0.39, 0.29) is 30.6 Å². The van der Waals surface area contributed by atoms with Gasteiger partial charge < -0.3 is 9.64 Å². The number of amides is 1. The van der Waals surface area contributed by atoms with Crippen LogP contribution in [0.4, 0.5) is 5.69 Å². The monoisotopic (exact) mass is 365 g/mol. The molecule has 1 fully saturated rings. The van der Waals surface area contributed by atoms with Crippen molar-refractivity contribution in [2.75, 3.05) is 12.0 Å². The number of Topliss-reactive ketones (excluding diaryl/α,β-unsaturated/α-hetero) is 1. The molecule has 4 heteroatoms. The van der Waals surface area contributed by atoms with Crippen molar-refractivity contribution < 1.29 is 14.3 Å². The second-order valence-electron chi connectivity index (χ2n) is 7.33. The predicted molar refractivity (Wildman–Crippen MR) is 107 cm³/mol. The first-order valence-electron chi connectivity index (χ1n) is 9.55. The Hall–Kier alpha value is -2.62. The number of benzene rings is 2. The van der Waals surface area contributed by atoms with E-state index in [0.717, 1.165) is 29.8 Å². The van der Waals surface area contributed by atoms with Crippen molar-refractivity contribution in [1.29, 1.82) is 0 Å². The Balaban J connectivity index is 1.70. The smallest absolute Gasteiger partial charge is 0.227 e. The van der Waals surface area contributed by atoms with Gasteiger partial charge in [0.05, 0.1) is 7.11 Å². The first-order chi connectivity index (χ1) is 13.0. The highest BCUT2D eigenvalue weighted by Gasteiger charge is 2.35. The number of nitrogens with zero attached hydrogens (tertiary/aromatic N) is 1. The van der Waals surface area contributed by atoms with Crippen molar-refractivity contribution in [2.45, 2.75) is 45.6 Å². The Bertz CT molecular complexity index is 791. The number of methoxy groups -OCH3 is 1. The molecule has 1 unspecified atom stereocenters. The Labute approximate surface area is 161 Å². The molecule has 2 aromatic rings. The van der Waals surface area contributed by atoms with Crippen molar-refractivity contribution in [3.63, 3.8) is 0 Å². The van der Waals surface area contributed by atoms with Gasteiger partial charge in [0.25, 0.3) is 0 Å². The van der Waals surface area contributed by atoms with E-state index in [0.29, 0.717) is 11.5 Å². The summed E-state index contributed by atoms with van der Waals surface area (Å²) in [4.78, 5) is 27.3. The normalized spacial score (nSPS) is 14.5. The molecular weight excluding hydrogens is 338 g/mol. The highest BCUT2D eigenvalue weighted by atomic mass is 16.5. The van der Waals surface area contributed by atoms with Crippen LogP contribution in [0.2, 0.25) is 0 Å². The zero-order chi connectivity index (χ0) is 19.4. The Morgan fingerprint density at radius 1 is 1.04 bits per heavy atom. The van der Waals surface area contributed by atoms with Crippen molar-refractivity contribution in [3.8, 4) is 5.75 Å². The lowest BCUT2D eigenvalue weighted by Crippen LogP contribution is -2.40.